The first-order chi connectivity index (χ1) is 10.5. The summed E-state index contributed by atoms with van der Waals surface area (Å²) in [6, 6.07) is 0. The summed E-state index contributed by atoms with van der Waals surface area (Å²) in [6.45, 7) is 3.29. The van der Waals surface area contributed by atoms with Crippen LogP contribution >= 0.6 is 0 Å². The second kappa shape index (κ2) is 6.28. The summed E-state index contributed by atoms with van der Waals surface area (Å²) < 4.78 is 15.7. The zero-order chi connectivity index (χ0) is 15.6. The van der Waals surface area contributed by atoms with E-state index in [9.17, 15) is 15.3 Å². The Morgan fingerprint density at radius 2 is 1.95 bits per heavy atom. The molecular formula is C12H18N4O6. The van der Waals surface area contributed by atoms with Gasteiger partial charge in [0.25, 0.3) is 0 Å². The fourth-order valence-corrected chi connectivity index (χ4v) is 2.00. The zero-order valence-corrected chi connectivity index (χ0v) is 11.8. The van der Waals surface area contributed by atoms with E-state index in [4.69, 9.17) is 14.2 Å². The molecule has 122 valence electrons. The molecule has 10 nitrogen and oxygen atoms in total. The quantitative estimate of drug-likeness (QED) is 0.453. The van der Waals surface area contributed by atoms with Gasteiger partial charge in [-0.25, -0.2) is 9.99 Å². The highest BCUT2D eigenvalue weighted by atomic mass is 16.7. The molecule has 0 spiro atoms. The van der Waals surface area contributed by atoms with E-state index in [1.165, 1.54) is 0 Å². The minimum Gasteiger partial charge on any atom is -0.469 e. The second-order valence-electron chi connectivity index (χ2n) is 5.04. The van der Waals surface area contributed by atoms with E-state index in [0.717, 1.165) is 6.20 Å². The van der Waals surface area contributed by atoms with Crippen LogP contribution in [0.4, 0.5) is 5.95 Å². The topological polar surface area (TPSA) is 129 Å². The predicted molar refractivity (Wildman–Crippen MR) is 71.6 cm³/mol. The van der Waals surface area contributed by atoms with E-state index in [1.54, 1.807) is 0 Å². The molecule has 2 aliphatic heterocycles. The molecule has 3 heterocycles. The van der Waals surface area contributed by atoms with Crippen molar-refractivity contribution in [3.8, 4) is 5.88 Å². The van der Waals surface area contributed by atoms with Crippen molar-refractivity contribution in [1.29, 1.82) is 0 Å². The van der Waals surface area contributed by atoms with Crippen molar-refractivity contribution in [2.24, 2.45) is 0 Å². The van der Waals surface area contributed by atoms with E-state index >= 15 is 0 Å². The average Bonchev–Trinajstić information content (AvgIpc) is 2.43. The number of rotatable bonds is 5. The largest absolute Gasteiger partial charge is 0.469 e. The molecule has 0 bridgehead atoms. The van der Waals surface area contributed by atoms with Gasteiger partial charge in [-0.1, -0.05) is 0 Å². The van der Waals surface area contributed by atoms with Gasteiger partial charge in [-0.05, 0) is 0 Å². The number of hydrogen-bond donors (Lipinski definition) is 4. The Morgan fingerprint density at radius 1 is 1.23 bits per heavy atom. The second-order valence-corrected chi connectivity index (χ2v) is 5.04. The first-order valence-corrected chi connectivity index (χ1v) is 6.91. The molecule has 2 aliphatic rings. The molecule has 1 aromatic heterocycles. The van der Waals surface area contributed by atoms with Crippen molar-refractivity contribution < 1.29 is 29.5 Å². The number of hydrazine groups is 1. The van der Waals surface area contributed by atoms with Crippen LogP contribution in [-0.4, -0.2) is 75.9 Å². The molecule has 22 heavy (non-hydrogen) atoms. The van der Waals surface area contributed by atoms with E-state index in [-0.39, 0.29) is 23.5 Å². The summed E-state index contributed by atoms with van der Waals surface area (Å²) in [6.07, 6.45) is 0.859. The normalized spacial score (nSPS) is 20.5. The van der Waals surface area contributed by atoms with E-state index in [0.29, 0.717) is 39.5 Å². The number of aliphatic hydroxyl groups is 3. The van der Waals surface area contributed by atoms with Crippen molar-refractivity contribution in [2.45, 2.75) is 12.1 Å². The summed E-state index contributed by atoms with van der Waals surface area (Å²) in [4.78, 5) is 8.05. The fourth-order valence-electron chi connectivity index (χ4n) is 2.00. The van der Waals surface area contributed by atoms with Crippen LogP contribution in [0.25, 0.3) is 0 Å². The number of nitrogens with one attached hydrogen (secondary N) is 1. The monoisotopic (exact) mass is 314 g/mol. The van der Waals surface area contributed by atoms with Crippen molar-refractivity contribution in [3.63, 3.8) is 0 Å². The van der Waals surface area contributed by atoms with Gasteiger partial charge in [0.2, 0.25) is 11.8 Å². The molecule has 0 radical (unpaired) electrons. The van der Waals surface area contributed by atoms with Gasteiger partial charge in [-0.3, -0.25) is 5.43 Å². The fraction of sp³-hybridized carbons (Fsp3) is 0.667. The molecule has 2 saturated heterocycles. The third-order valence-corrected chi connectivity index (χ3v) is 3.27. The maximum Gasteiger partial charge on any atom is 0.311 e. The van der Waals surface area contributed by atoms with Crippen molar-refractivity contribution in [1.82, 2.24) is 15.0 Å². The first kappa shape index (κ1) is 15.3. The molecule has 0 atom stereocenters. The third kappa shape index (κ3) is 3.61. The lowest BCUT2D eigenvalue weighted by atomic mass is 10.2. The Kier molecular flexibility index (Phi) is 4.38. The lowest BCUT2D eigenvalue weighted by molar-refractivity contribution is -0.325. The van der Waals surface area contributed by atoms with E-state index < -0.39 is 5.97 Å². The number of morpholine rings is 1. The Labute approximate surface area is 126 Å². The number of anilines is 1. The molecule has 4 N–H and O–H groups in total. The first-order valence-electron chi connectivity index (χ1n) is 6.91. The van der Waals surface area contributed by atoms with Crippen LogP contribution in [0.2, 0.25) is 0 Å². The molecule has 10 heteroatoms. The van der Waals surface area contributed by atoms with Gasteiger partial charge in [0, 0.05) is 19.3 Å². The van der Waals surface area contributed by atoms with Crippen molar-refractivity contribution >= 4 is 5.95 Å². The molecule has 1 aromatic rings. The summed E-state index contributed by atoms with van der Waals surface area (Å²) >= 11 is 0. The molecule has 0 aliphatic carbocycles. The average molecular weight is 314 g/mol. The summed E-state index contributed by atoms with van der Waals surface area (Å²) in [5, 5.41) is 29.9. The van der Waals surface area contributed by atoms with Crippen LogP contribution in [0.3, 0.4) is 0 Å². The number of ether oxygens (including phenoxy) is 3. The molecule has 0 aromatic carbocycles. The standard InChI is InChI=1S/C12H18N4O6/c17-12(18,19)9-5-13-11(15-16-1-3-20-4-2-16)14-10(9)22-8-6-21-7-8/h5,8,17-19H,1-4,6-7H2,(H,13,14,15). The van der Waals surface area contributed by atoms with Crippen molar-refractivity contribution in [2.75, 3.05) is 44.9 Å². The SMILES string of the molecule is OC(O)(O)c1cnc(NN2CCOCC2)nc1OC1COC1. The van der Waals surface area contributed by atoms with Gasteiger partial charge in [0.15, 0.2) is 0 Å². The van der Waals surface area contributed by atoms with Gasteiger partial charge in [-0.15, -0.1) is 0 Å². The third-order valence-electron chi connectivity index (χ3n) is 3.27. The van der Waals surface area contributed by atoms with Crippen molar-refractivity contribution in [3.05, 3.63) is 11.8 Å². The number of nitrogens with zero attached hydrogens (tertiary/aromatic N) is 3. The van der Waals surface area contributed by atoms with Gasteiger partial charge in [-0.2, -0.15) is 4.98 Å². The Hall–Kier alpha value is -1.56. The summed E-state index contributed by atoms with van der Waals surface area (Å²) in [5.74, 6) is -2.95. The maximum absolute atomic E-state index is 9.36. The molecule has 3 rings (SSSR count). The highest BCUT2D eigenvalue weighted by Gasteiger charge is 2.32. The molecular weight excluding hydrogens is 296 g/mol. The predicted octanol–water partition coefficient (Wildman–Crippen LogP) is -2.00. The lowest BCUT2D eigenvalue weighted by Gasteiger charge is -2.29. The minimum atomic E-state index is -3.07. The molecule has 0 amide bonds. The number of hydrogen-bond acceptors (Lipinski definition) is 10. The smallest absolute Gasteiger partial charge is 0.311 e. The van der Waals surface area contributed by atoms with Crippen LogP contribution in [0, 0.1) is 0 Å². The van der Waals surface area contributed by atoms with Crippen LogP contribution in [-0.2, 0) is 15.4 Å². The number of aromatic nitrogens is 2. The van der Waals surface area contributed by atoms with Crippen LogP contribution in [0.1, 0.15) is 5.56 Å². The highest BCUT2D eigenvalue weighted by Crippen LogP contribution is 2.27. The minimum absolute atomic E-state index is 0.105. The molecule has 0 unspecified atom stereocenters. The summed E-state index contributed by atoms with van der Waals surface area (Å²) in [5.41, 5.74) is 2.66. The maximum atomic E-state index is 9.36. The molecule has 2 fully saturated rings. The van der Waals surface area contributed by atoms with Gasteiger partial charge >= 0.3 is 5.97 Å². The zero-order valence-electron chi connectivity index (χ0n) is 11.8. The Morgan fingerprint density at radius 3 is 2.55 bits per heavy atom. The summed E-state index contributed by atoms with van der Waals surface area (Å²) in [7, 11) is 0. The van der Waals surface area contributed by atoms with Crippen LogP contribution < -0.4 is 10.2 Å². The van der Waals surface area contributed by atoms with E-state index in [1.807, 2.05) is 5.01 Å². The Bertz CT molecular complexity index is 513. The molecule has 0 saturated carbocycles. The van der Waals surface area contributed by atoms with E-state index in [2.05, 4.69) is 15.4 Å². The van der Waals surface area contributed by atoms with Crippen LogP contribution in [0.15, 0.2) is 6.20 Å². The van der Waals surface area contributed by atoms with Gasteiger partial charge < -0.3 is 29.5 Å². The van der Waals surface area contributed by atoms with Gasteiger partial charge in [0.1, 0.15) is 11.7 Å². The lowest BCUT2D eigenvalue weighted by Crippen LogP contribution is -2.41. The van der Waals surface area contributed by atoms with Gasteiger partial charge in [0.05, 0.1) is 26.4 Å². The van der Waals surface area contributed by atoms with Crippen LogP contribution in [0.5, 0.6) is 5.88 Å². The highest BCUT2D eigenvalue weighted by molar-refractivity contribution is 5.34. The Balaban J connectivity index is 1.77.